The van der Waals surface area contributed by atoms with E-state index in [0.29, 0.717) is 42.6 Å². The van der Waals surface area contributed by atoms with Crippen LogP contribution in [0.1, 0.15) is 38.4 Å². The van der Waals surface area contributed by atoms with Gasteiger partial charge in [-0.15, -0.1) is 5.10 Å². The summed E-state index contributed by atoms with van der Waals surface area (Å²) in [6.45, 7) is 3.52. The van der Waals surface area contributed by atoms with Crippen molar-refractivity contribution in [2.45, 2.75) is 45.3 Å². The van der Waals surface area contributed by atoms with E-state index in [1.807, 2.05) is 0 Å². The molecule has 1 aliphatic rings. The molecule has 1 saturated carbocycles. The number of furan rings is 1. The van der Waals surface area contributed by atoms with Crippen molar-refractivity contribution in [1.29, 1.82) is 0 Å². The first-order valence-corrected chi connectivity index (χ1v) is 8.81. The van der Waals surface area contributed by atoms with E-state index in [1.165, 1.54) is 19.3 Å². The molecule has 0 radical (unpaired) electrons. The monoisotopic (exact) mass is 347 g/mol. The third kappa shape index (κ3) is 5.06. The van der Waals surface area contributed by atoms with Gasteiger partial charge in [0.2, 0.25) is 5.82 Å². The predicted octanol–water partition coefficient (Wildman–Crippen LogP) is 2.46. The zero-order valence-electron chi connectivity index (χ0n) is 14.5. The molecule has 2 amide bonds. The second-order valence-electron chi connectivity index (χ2n) is 6.36. The minimum absolute atomic E-state index is 0.253. The van der Waals surface area contributed by atoms with E-state index in [1.54, 1.807) is 18.4 Å². The minimum Gasteiger partial charge on any atom is -0.461 e. The first-order chi connectivity index (χ1) is 12.2. The fraction of sp³-hybridized carbons (Fsp3) is 0.588. The SMILES string of the molecule is C[C@H]1CCCC[C@@H]1OCCNC(=O)NCc1nc(-c2ccco2)n[nH]1. The van der Waals surface area contributed by atoms with E-state index in [0.717, 1.165) is 6.42 Å². The van der Waals surface area contributed by atoms with Gasteiger partial charge in [-0.25, -0.2) is 9.78 Å². The first kappa shape index (κ1) is 17.5. The van der Waals surface area contributed by atoms with Crippen molar-refractivity contribution in [2.75, 3.05) is 13.2 Å². The van der Waals surface area contributed by atoms with Crippen molar-refractivity contribution in [3.05, 3.63) is 24.2 Å². The van der Waals surface area contributed by atoms with Crippen LogP contribution in [0.2, 0.25) is 0 Å². The van der Waals surface area contributed by atoms with Crippen LogP contribution in [-0.4, -0.2) is 40.5 Å². The lowest BCUT2D eigenvalue weighted by molar-refractivity contribution is -0.00243. The van der Waals surface area contributed by atoms with Crippen molar-refractivity contribution >= 4 is 6.03 Å². The Hall–Kier alpha value is -2.35. The topological polar surface area (TPSA) is 105 Å². The molecule has 3 rings (SSSR count). The van der Waals surface area contributed by atoms with Crippen LogP contribution in [0.4, 0.5) is 4.79 Å². The fourth-order valence-corrected chi connectivity index (χ4v) is 3.02. The first-order valence-electron chi connectivity index (χ1n) is 8.81. The molecule has 1 fully saturated rings. The highest BCUT2D eigenvalue weighted by molar-refractivity contribution is 5.73. The summed E-state index contributed by atoms with van der Waals surface area (Å²) in [4.78, 5) is 16.1. The van der Waals surface area contributed by atoms with Crippen LogP contribution in [-0.2, 0) is 11.3 Å². The molecule has 3 N–H and O–H groups in total. The second kappa shape index (κ2) is 8.66. The third-order valence-corrected chi connectivity index (χ3v) is 4.44. The Morgan fingerprint density at radius 1 is 1.40 bits per heavy atom. The number of carbonyl (C=O) groups is 1. The van der Waals surface area contributed by atoms with E-state index < -0.39 is 0 Å². The average Bonchev–Trinajstić information content (AvgIpc) is 3.29. The van der Waals surface area contributed by atoms with Crippen molar-refractivity contribution in [3.63, 3.8) is 0 Å². The Kier molecular flexibility index (Phi) is 6.05. The molecule has 2 heterocycles. The van der Waals surface area contributed by atoms with E-state index in [-0.39, 0.29) is 12.6 Å². The Morgan fingerprint density at radius 2 is 2.28 bits per heavy atom. The number of aromatic amines is 1. The third-order valence-electron chi connectivity index (χ3n) is 4.44. The van der Waals surface area contributed by atoms with Gasteiger partial charge in [-0.1, -0.05) is 19.8 Å². The lowest BCUT2D eigenvalue weighted by atomic mass is 9.88. The van der Waals surface area contributed by atoms with Gasteiger partial charge < -0.3 is 19.8 Å². The van der Waals surface area contributed by atoms with Gasteiger partial charge in [0.1, 0.15) is 5.82 Å². The summed E-state index contributed by atoms with van der Waals surface area (Å²) in [6, 6.07) is 3.30. The molecular weight excluding hydrogens is 322 g/mol. The van der Waals surface area contributed by atoms with Crippen molar-refractivity contribution in [3.8, 4) is 11.6 Å². The molecule has 0 unspecified atom stereocenters. The zero-order valence-corrected chi connectivity index (χ0v) is 14.5. The van der Waals surface area contributed by atoms with Crippen LogP contribution in [0.3, 0.4) is 0 Å². The summed E-state index contributed by atoms with van der Waals surface area (Å²) in [7, 11) is 0. The smallest absolute Gasteiger partial charge is 0.315 e. The molecule has 0 aliphatic heterocycles. The van der Waals surface area contributed by atoms with Gasteiger partial charge in [-0.2, -0.15) is 0 Å². The van der Waals surface area contributed by atoms with E-state index in [9.17, 15) is 4.79 Å². The van der Waals surface area contributed by atoms with Crippen LogP contribution in [0.5, 0.6) is 0 Å². The number of urea groups is 1. The molecule has 0 saturated heterocycles. The van der Waals surface area contributed by atoms with E-state index in [4.69, 9.17) is 9.15 Å². The molecule has 2 atom stereocenters. The molecular formula is C17H25N5O3. The number of rotatable bonds is 7. The molecule has 2 aromatic heterocycles. The number of nitrogens with one attached hydrogen (secondary N) is 3. The van der Waals surface area contributed by atoms with Gasteiger partial charge in [0, 0.05) is 6.54 Å². The molecule has 0 aromatic carbocycles. The van der Waals surface area contributed by atoms with Gasteiger partial charge >= 0.3 is 6.03 Å². The number of ether oxygens (including phenoxy) is 1. The number of nitrogens with zero attached hydrogens (tertiary/aromatic N) is 2. The lowest BCUT2D eigenvalue weighted by Crippen LogP contribution is -2.38. The zero-order chi connectivity index (χ0) is 17.5. The molecule has 2 aromatic rings. The van der Waals surface area contributed by atoms with Crippen LogP contribution in [0.15, 0.2) is 22.8 Å². The van der Waals surface area contributed by atoms with Crippen LogP contribution < -0.4 is 10.6 Å². The van der Waals surface area contributed by atoms with Crippen LogP contribution in [0, 0.1) is 5.92 Å². The predicted molar refractivity (Wildman–Crippen MR) is 91.7 cm³/mol. The number of hydrogen-bond donors (Lipinski definition) is 3. The average molecular weight is 347 g/mol. The number of H-pyrrole nitrogens is 1. The number of hydrogen-bond acceptors (Lipinski definition) is 5. The normalized spacial score (nSPS) is 20.4. The summed E-state index contributed by atoms with van der Waals surface area (Å²) in [5.74, 6) is 2.23. The van der Waals surface area contributed by atoms with Gasteiger partial charge in [-0.05, 0) is 30.9 Å². The minimum atomic E-state index is -0.253. The van der Waals surface area contributed by atoms with Gasteiger partial charge in [-0.3, -0.25) is 5.10 Å². The molecule has 8 heteroatoms. The van der Waals surface area contributed by atoms with Gasteiger partial charge in [0.25, 0.3) is 0 Å². The molecule has 8 nitrogen and oxygen atoms in total. The van der Waals surface area contributed by atoms with Gasteiger partial charge in [0.15, 0.2) is 5.76 Å². The molecule has 0 spiro atoms. The molecule has 136 valence electrons. The largest absolute Gasteiger partial charge is 0.461 e. The lowest BCUT2D eigenvalue weighted by Gasteiger charge is -2.28. The maximum atomic E-state index is 11.8. The molecule has 25 heavy (non-hydrogen) atoms. The van der Waals surface area contributed by atoms with E-state index in [2.05, 4.69) is 32.7 Å². The standard InChI is InChI=1S/C17H25N5O3/c1-12-5-2-3-6-13(12)25-10-8-18-17(23)19-11-15-20-16(22-21-15)14-7-4-9-24-14/h4,7,9,12-13H,2-3,5-6,8,10-11H2,1H3,(H2,18,19,23)(H,20,21,22)/t12-,13-/m0/s1. The number of aromatic nitrogens is 3. The van der Waals surface area contributed by atoms with Crippen LogP contribution in [0.25, 0.3) is 11.6 Å². The van der Waals surface area contributed by atoms with Gasteiger partial charge in [0.05, 0.1) is 25.5 Å². The second-order valence-corrected chi connectivity index (χ2v) is 6.36. The Morgan fingerprint density at radius 3 is 3.08 bits per heavy atom. The maximum Gasteiger partial charge on any atom is 0.315 e. The summed E-state index contributed by atoms with van der Waals surface area (Å²) in [6.07, 6.45) is 6.78. The summed E-state index contributed by atoms with van der Waals surface area (Å²) in [5, 5.41) is 12.3. The van der Waals surface area contributed by atoms with Crippen molar-refractivity contribution in [1.82, 2.24) is 25.8 Å². The highest BCUT2D eigenvalue weighted by Crippen LogP contribution is 2.25. The van der Waals surface area contributed by atoms with Crippen molar-refractivity contribution < 1.29 is 13.9 Å². The van der Waals surface area contributed by atoms with E-state index >= 15 is 0 Å². The summed E-state index contributed by atoms with van der Waals surface area (Å²) >= 11 is 0. The molecule has 0 bridgehead atoms. The quantitative estimate of drug-likeness (QED) is 0.667. The maximum absolute atomic E-state index is 11.8. The summed E-state index contributed by atoms with van der Waals surface area (Å²) < 4.78 is 11.1. The fourth-order valence-electron chi connectivity index (χ4n) is 3.02. The molecule has 1 aliphatic carbocycles. The number of amides is 2. The highest BCUT2D eigenvalue weighted by atomic mass is 16.5. The Balaban J connectivity index is 1.32. The van der Waals surface area contributed by atoms with Crippen LogP contribution >= 0.6 is 0 Å². The highest BCUT2D eigenvalue weighted by Gasteiger charge is 2.21. The Bertz CT molecular complexity index is 655. The summed E-state index contributed by atoms with van der Waals surface area (Å²) in [5.41, 5.74) is 0. The Labute approximate surface area is 146 Å². The van der Waals surface area contributed by atoms with Crippen molar-refractivity contribution in [2.24, 2.45) is 5.92 Å². The number of carbonyl (C=O) groups excluding carboxylic acids is 1.